The second kappa shape index (κ2) is 9.08. The molecule has 0 saturated heterocycles. The Kier molecular flexibility index (Phi) is 5.13. The van der Waals surface area contributed by atoms with Crippen molar-refractivity contribution in [3.05, 3.63) is 132 Å². The van der Waals surface area contributed by atoms with Crippen molar-refractivity contribution in [2.75, 3.05) is 0 Å². The van der Waals surface area contributed by atoms with E-state index in [-0.39, 0.29) is 0 Å². The van der Waals surface area contributed by atoms with Gasteiger partial charge in [-0.15, -0.1) is 0 Å². The van der Waals surface area contributed by atoms with Gasteiger partial charge in [0.25, 0.3) is 0 Å². The molecule has 0 fully saturated rings. The zero-order valence-corrected chi connectivity index (χ0v) is 23.8. The average molecular weight is 553 g/mol. The lowest BCUT2D eigenvalue weighted by molar-refractivity contribution is 0.483. The van der Waals surface area contributed by atoms with E-state index in [1.165, 1.54) is 16.7 Å². The number of hydrogen-bond acceptors (Lipinski definition) is 2. The summed E-state index contributed by atoms with van der Waals surface area (Å²) in [5, 5.41) is 21.0. The van der Waals surface area contributed by atoms with Gasteiger partial charge in [-0.2, -0.15) is 0 Å². The van der Waals surface area contributed by atoms with Crippen molar-refractivity contribution in [1.82, 2.24) is 0 Å². The van der Waals surface area contributed by atoms with Crippen molar-refractivity contribution in [3.8, 4) is 28.0 Å². The van der Waals surface area contributed by atoms with Crippen molar-refractivity contribution >= 4 is 60.3 Å². The number of hydrogen-bond donors (Lipinski definition) is 1. The summed E-state index contributed by atoms with van der Waals surface area (Å²) in [7, 11) is 0. The van der Waals surface area contributed by atoms with Crippen LogP contribution in [0.4, 0.5) is 0 Å². The molecular weight excluding hydrogens is 524 g/mol. The van der Waals surface area contributed by atoms with Gasteiger partial charge in [0.2, 0.25) is 0 Å². The Morgan fingerprint density at radius 3 is 2.00 bits per heavy atom. The fourth-order valence-electron chi connectivity index (χ4n) is 7.45. The second-order valence-corrected chi connectivity index (χ2v) is 11.8. The molecule has 0 aliphatic heterocycles. The van der Waals surface area contributed by atoms with E-state index in [4.69, 9.17) is 4.42 Å². The first-order valence-electron chi connectivity index (χ1n) is 15.0. The maximum absolute atomic E-state index is 12.1. The molecule has 1 aliphatic rings. The Hall–Kier alpha value is -5.34. The lowest BCUT2D eigenvalue weighted by Gasteiger charge is -2.23. The minimum absolute atomic E-state index is 0.342. The van der Waals surface area contributed by atoms with Gasteiger partial charge in [0, 0.05) is 27.3 Å². The summed E-state index contributed by atoms with van der Waals surface area (Å²) in [6.07, 6.45) is 5.41. The Balaban J connectivity index is 1.37. The highest BCUT2D eigenvalue weighted by atomic mass is 16.3. The number of furan rings is 1. The topological polar surface area (TPSA) is 33.4 Å². The average Bonchev–Trinajstić information content (AvgIpc) is 3.42. The van der Waals surface area contributed by atoms with Crippen LogP contribution < -0.4 is 0 Å². The van der Waals surface area contributed by atoms with Gasteiger partial charge in [0.1, 0.15) is 16.9 Å². The number of aromatic hydroxyl groups is 1. The second-order valence-electron chi connectivity index (χ2n) is 11.8. The molecule has 1 unspecified atom stereocenters. The number of phenolic OH excluding ortho intramolecular Hbond substituents is 1. The first-order valence-corrected chi connectivity index (χ1v) is 15.0. The molecular formula is C41H28O2. The standard InChI is InChI=1S/C41H28O2/c1-24-9-8-10-25-17-18-26-19-22-34(41(42)39(26)37(24)25)40-32-14-4-2-12-30(32)38(31-13-3-5-15-33(31)40)27-20-21-29-28-11-6-7-16-35(28)43-36(29)23-27/h2-8,10-24,42H,9H2,1H3. The molecule has 1 N–H and O–H groups in total. The van der Waals surface area contributed by atoms with Gasteiger partial charge in [-0.3, -0.25) is 0 Å². The summed E-state index contributed by atoms with van der Waals surface area (Å²) >= 11 is 0. The minimum Gasteiger partial charge on any atom is -0.507 e. The number of allylic oxidation sites excluding steroid dienone is 1. The molecule has 2 heteroatoms. The lowest BCUT2D eigenvalue weighted by Crippen LogP contribution is -2.01. The van der Waals surface area contributed by atoms with Crippen molar-refractivity contribution < 1.29 is 9.52 Å². The van der Waals surface area contributed by atoms with E-state index < -0.39 is 0 Å². The van der Waals surface area contributed by atoms with Crippen molar-refractivity contribution in [1.29, 1.82) is 0 Å². The van der Waals surface area contributed by atoms with Gasteiger partial charge < -0.3 is 9.52 Å². The maximum atomic E-state index is 12.1. The first kappa shape index (κ1) is 24.3. The van der Waals surface area contributed by atoms with Crippen LogP contribution in [0.2, 0.25) is 0 Å². The van der Waals surface area contributed by atoms with E-state index in [9.17, 15) is 5.11 Å². The molecule has 2 nitrogen and oxygen atoms in total. The molecule has 43 heavy (non-hydrogen) atoms. The quantitative estimate of drug-likeness (QED) is 0.216. The largest absolute Gasteiger partial charge is 0.507 e. The molecule has 0 saturated carbocycles. The fourth-order valence-corrected chi connectivity index (χ4v) is 7.45. The Morgan fingerprint density at radius 1 is 0.628 bits per heavy atom. The van der Waals surface area contributed by atoms with Crippen LogP contribution in [0.1, 0.15) is 30.4 Å². The highest BCUT2D eigenvalue weighted by Crippen LogP contribution is 2.49. The minimum atomic E-state index is 0.342. The summed E-state index contributed by atoms with van der Waals surface area (Å²) in [6, 6.07) is 40.6. The van der Waals surface area contributed by atoms with Crippen LogP contribution in [0.5, 0.6) is 5.75 Å². The van der Waals surface area contributed by atoms with Crippen molar-refractivity contribution in [2.24, 2.45) is 0 Å². The number of rotatable bonds is 2. The van der Waals surface area contributed by atoms with Gasteiger partial charge in [0.05, 0.1) is 0 Å². The van der Waals surface area contributed by atoms with E-state index in [1.807, 2.05) is 12.1 Å². The predicted octanol–water partition coefficient (Wildman–Crippen LogP) is 11.6. The third-order valence-corrected chi connectivity index (χ3v) is 9.38. The Bertz CT molecular complexity index is 2400. The zero-order valence-electron chi connectivity index (χ0n) is 23.8. The SMILES string of the molecule is CC1CC=Cc2ccc3ccc(-c4c5ccccc5c(-c5ccc6c(c5)oc5ccccc56)c5ccccc45)c(O)c3c21. The number of fused-ring (bicyclic) bond motifs is 8. The third kappa shape index (κ3) is 3.47. The molecule has 1 aliphatic carbocycles. The molecule has 7 aromatic carbocycles. The highest BCUT2D eigenvalue weighted by Gasteiger charge is 2.23. The molecule has 1 heterocycles. The zero-order chi connectivity index (χ0) is 28.7. The van der Waals surface area contributed by atoms with E-state index >= 15 is 0 Å². The normalized spacial score (nSPS) is 14.8. The van der Waals surface area contributed by atoms with Gasteiger partial charge in [-0.25, -0.2) is 0 Å². The van der Waals surface area contributed by atoms with Crippen LogP contribution in [0.3, 0.4) is 0 Å². The first-order chi connectivity index (χ1) is 21.2. The number of benzene rings is 7. The summed E-state index contributed by atoms with van der Waals surface area (Å²) in [4.78, 5) is 0. The van der Waals surface area contributed by atoms with Crippen molar-refractivity contribution in [3.63, 3.8) is 0 Å². The predicted molar refractivity (Wildman–Crippen MR) is 181 cm³/mol. The van der Waals surface area contributed by atoms with Gasteiger partial charge in [-0.1, -0.05) is 110 Å². The molecule has 8 aromatic rings. The van der Waals surface area contributed by atoms with Crippen LogP contribution in [0.25, 0.3) is 82.6 Å². The molecule has 0 bridgehead atoms. The summed E-state index contributed by atoms with van der Waals surface area (Å²) in [5.74, 6) is 0.706. The van der Waals surface area contributed by atoms with Crippen LogP contribution in [-0.2, 0) is 0 Å². The van der Waals surface area contributed by atoms with E-state index in [1.54, 1.807) is 0 Å². The van der Waals surface area contributed by atoms with Crippen molar-refractivity contribution in [2.45, 2.75) is 19.3 Å². The molecule has 1 atom stereocenters. The van der Waals surface area contributed by atoms with Crippen LogP contribution >= 0.6 is 0 Å². The molecule has 0 amide bonds. The monoisotopic (exact) mass is 552 g/mol. The number of para-hydroxylation sites is 1. The lowest BCUT2D eigenvalue weighted by atomic mass is 9.82. The molecule has 1 aromatic heterocycles. The molecule has 204 valence electrons. The maximum Gasteiger partial charge on any atom is 0.136 e. The molecule has 0 spiro atoms. The summed E-state index contributed by atoms with van der Waals surface area (Å²) < 4.78 is 6.30. The summed E-state index contributed by atoms with van der Waals surface area (Å²) in [5.41, 5.74) is 8.45. The van der Waals surface area contributed by atoms with E-state index in [0.717, 1.165) is 77.4 Å². The van der Waals surface area contributed by atoms with Crippen LogP contribution in [0.15, 0.2) is 126 Å². The highest BCUT2D eigenvalue weighted by molar-refractivity contribution is 6.23. The van der Waals surface area contributed by atoms with Gasteiger partial charge in [0.15, 0.2) is 0 Å². The molecule has 0 radical (unpaired) electrons. The Labute approximate surface area is 249 Å². The number of phenols is 1. The van der Waals surface area contributed by atoms with E-state index in [0.29, 0.717) is 11.7 Å². The van der Waals surface area contributed by atoms with Gasteiger partial charge in [-0.05, 0) is 85.8 Å². The smallest absolute Gasteiger partial charge is 0.136 e. The van der Waals surface area contributed by atoms with Crippen LogP contribution in [-0.4, -0.2) is 5.11 Å². The fraction of sp³-hybridized carbons (Fsp3) is 0.0732. The third-order valence-electron chi connectivity index (χ3n) is 9.38. The summed E-state index contributed by atoms with van der Waals surface area (Å²) in [6.45, 7) is 2.26. The Morgan fingerprint density at radius 2 is 1.26 bits per heavy atom. The molecule has 9 rings (SSSR count). The van der Waals surface area contributed by atoms with Gasteiger partial charge >= 0.3 is 0 Å². The van der Waals surface area contributed by atoms with E-state index in [2.05, 4.69) is 122 Å². The van der Waals surface area contributed by atoms with Crippen LogP contribution in [0, 0.1) is 0 Å².